The summed E-state index contributed by atoms with van der Waals surface area (Å²) in [6, 6.07) is 6.09. The van der Waals surface area contributed by atoms with E-state index in [1.54, 1.807) is 0 Å². The number of sulfonamides is 1. The molecule has 21 heavy (non-hydrogen) atoms. The normalized spacial score (nSPS) is 22.1. The van der Waals surface area contributed by atoms with Crippen molar-refractivity contribution in [3.63, 3.8) is 0 Å². The number of nitrogens with zero attached hydrogens (tertiary/aromatic N) is 1. The quantitative estimate of drug-likeness (QED) is 0.796. The SMILES string of the molecule is CCC1OCCC1CNS(=O)(=O)c1ccc(C#N)cc1N. The molecule has 0 bridgehead atoms. The maximum Gasteiger partial charge on any atom is 0.242 e. The summed E-state index contributed by atoms with van der Waals surface area (Å²) in [6.45, 7) is 3.03. The van der Waals surface area contributed by atoms with Gasteiger partial charge in [0.15, 0.2) is 0 Å². The lowest BCUT2D eigenvalue weighted by molar-refractivity contribution is 0.0884. The van der Waals surface area contributed by atoms with Crippen molar-refractivity contribution < 1.29 is 13.2 Å². The van der Waals surface area contributed by atoms with Crippen molar-refractivity contribution in [3.05, 3.63) is 23.8 Å². The summed E-state index contributed by atoms with van der Waals surface area (Å²) in [5.41, 5.74) is 6.14. The molecule has 1 saturated heterocycles. The van der Waals surface area contributed by atoms with E-state index in [9.17, 15) is 8.42 Å². The average Bonchev–Trinajstić information content (AvgIpc) is 2.92. The Morgan fingerprint density at radius 1 is 1.52 bits per heavy atom. The molecule has 0 amide bonds. The number of ether oxygens (including phenoxy) is 1. The van der Waals surface area contributed by atoms with Crippen molar-refractivity contribution in [1.82, 2.24) is 4.72 Å². The molecule has 2 atom stereocenters. The zero-order chi connectivity index (χ0) is 15.5. The van der Waals surface area contributed by atoms with E-state index in [1.807, 2.05) is 13.0 Å². The number of anilines is 1. The second kappa shape index (κ2) is 6.43. The summed E-state index contributed by atoms with van der Waals surface area (Å²) in [5, 5.41) is 8.77. The summed E-state index contributed by atoms with van der Waals surface area (Å²) >= 11 is 0. The van der Waals surface area contributed by atoms with E-state index in [4.69, 9.17) is 15.7 Å². The van der Waals surface area contributed by atoms with Gasteiger partial charge in [-0.15, -0.1) is 0 Å². The molecule has 1 aliphatic rings. The highest BCUT2D eigenvalue weighted by molar-refractivity contribution is 7.89. The molecular weight excluding hydrogens is 290 g/mol. The van der Waals surface area contributed by atoms with E-state index < -0.39 is 10.0 Å². The van der Waals surface area contributed by atoms with E-state index >= 15 is 0 Å². The molecule has 2 rings (SSSR count). The summed E-state index contributed by atoms with van der Waals surface area (Å²) in [7, 11) is -3.68. The Morgan fingerprint density at radius 3 is 2.90 bits per heavy atom. The fraction of sp³-hybridized carbons (Fsp3) is 0.500. The third-order valence-corrected chi connectivity index (χ3v) is 5.21. The molecule has 6 nitrogen and oxygen atoms in total. The third-order valence-electron chi connectivity index (χ3n) is 3.71. The van der Waals surface area contributed by atoms with Crippen molar-refractivity contribution in [1.29, 1.82) is 5.26 Å². The Balaban J connectivity index is 2.10. The predicted molar refractivity (Wildman–Crippen MR) is 78.9 cm³/mol. The fourth-order valence-corrected chi connectivity index (χ4v) is 3.74. The van der Waals surface area contributed by atoms with Gasteiger partial charge >= 0.3 is 0 Å². The van der Waals surface area contributed by atoms with Crippen LogP contribution in [-0.2, 0) is 14.8 Å². The first-order chi connectivity index (χ1) is 9.97. The van der Waals surface area contributed by atoms with Crippen molar-refractivity contribution >= 4 is 15.7 Å². The highest BCUT2D eigenvalue weighted by atomic mass is 32.2. The van der Waals surface area contributed by atoms with Crippen LogP contribution in [0.4, 0.5) is 5.69 Å². The largest absolute Gasteiger partial charge is 0.398 e. The van der Waals surface area contributed by atoms with E-state index in [2.05, 4.69) is 4.72 Å². The van der Waals surface area contributed by atoms with Gasteiger partial charge in [0.25, 0.3) is 0 Å². The first-order valence-corrected chi connectivity index (χ1v) is 8.37. The number of benzene rings is 1. The van der Waals surface area contributed by atoms with E-state index in [-0.39, 0.29) is 22.6 Å². The lowest BCUT2D eigenvalue weighted by Gasteiger charge is -2.17. The van der Waals surface area contributed by atoms with Crippen molar-refractivity contribution in [2.45, 2.75) is 30.8 Å². The second-order valence-electron chi connectivity index (χ2n) is 5.08. The number of hydrogen-bond donors (Lipinski definition) is 2. The van der Waals surface area contributed by atoms with Crippen molar-refractivity contribution in [3.8, 4) is 6.07 Å². The van der Waals surface area contributed by atoms with E-state index in [0.29, 0.717) is 18.7 Å². The van der Waals surface area contributed by atoms with Gasteiger partial charge in [-0.1, -0.05) is 6.92 Å². The number of nitrogens with two attached hydrogens (primary N) is 1. The molecule has 7 heteroatoms. The van der Waals surface area contributed by atoms with Gasteiger partial charge in [0, 0.05) is 19.1 Å². The molecular formula is C14H19N3O3S. The van der Waals surface area contributed by atoms with Crippen LogP contribution in [0.3, 0.4) is 0 Å². The van der Waals surface area contributed by atoms with Crippen molar-refractivity contribution in [2.24, 2.45) is 5.92 Å². The van der Waals surface area contributed by atoms with Crippen LogP contribution in [0.5, 0.6) is 0 Å². The Bertz CT molecular complexity index is 652. The number of hydrogen-bond acceptors (Lipinski definition) is 5. The zero-order valence-corrected chi connectivity index (χ0v) is 12.7. The minimum absolute atomic E-state index is 0.00784. The highest BCUT2D eigenvalue weighted by Crippen LogP contribution is 2.24. The smallest absolute Gasteiger partial charge is 0.242 e. The monoisotopic (exact) mass is 309 g/mol. The Hall–Kier alpha value is -1.62. The van der Waals surface area contributed by atoms with Gasteiger partial charge < -0.3 is 10.5 Å². The number of nitriles is 1. The van der Waals surface area contributed by atoms with Crippen LogP contribution >= 0.6 is 0 Å². The zero-order valence-electron chi connectivity index (χ0n) is 11.9. The molecule has 0 spiro atoms. The molecule has 1 aliphatic heterocycles. The first-order valence-electron chi connectivity index (χ1n) is 6.89. The van der Waals surface area contributed by atoms with Gasteiger partial charge in [-0.05, 0) is 31.0 Å². The highest BCUT2D eigenvalue weighted by Gasteiger charge is 2.28. The van der Waals surface area contributed by atoms with Gasteiger partial charge in [-0.25, -0.2) is 13.1 Å². The molecule has 1 heterocycles. The number of rotatable bonds is 5. The topological polar surface area (TPSA) is 105 Å². The van der Waals surface area contributed by atoms with E-state index in [0.717, 1.165) is 12.8 Å². The van der Waals surface area contributed by atoms with Crippen LogP contribution in [0.15, 0.2) is 23.1 Å². The molecule has 2 unspecified atom stereocenters. The fourth-order valence-electron chi connectivity index (χ4n) is 2.53. The molecule has 0 aromatic heterocycles. The maximum absolute atomic E-state index is 12.3. The van der Waals surface area contributed by atoms with E-state index in [1.165, 1.54) is 18.2 Å². The Morgan fingerprint density at radius 2 is 2.29 bits per heavy atom. The van der Waals surface area contributed by atoms with Gasteiger partial charge in [0.1, 0.15) is 4.90 Å². The minimum atomic E-state index is -3.68. The van der Waals surface area contributed by atoms with Crippen LogP contribution in [-0.4, -0.2) is 27.7 Å². The van der Waals surface area contributed by atoms with Crippen LogP contribution in [0, 0.1) is 17.2 Å². The molecule has 1 aromatic rings. The maximum atomic E-state index is 12.3. The van der Waals surface area contributed by atoms with Crippen LogP contribution in [0.1, 0.15) is 25.3 Å². The second-order valence-corrected chi connectivity index (χ2v) is 6.82. The molecule has 0 radical (unpaired) electrons. The minimum Gasteiger partial charge on any atom is -0.398 e. The first kappa shape index (κ1) is 15.8. The predicted octanol–water partition coefficient (Wildman–Crippen LogP) is 1.23. The average molecular weight is 309 g/mol. The Kier molecular flexibility index (Phi) is 4.83. The summed E-state index contributed by atoms with van der Waals surface area (Å²) in [4.78, 5) is 0.00784. The van der Waals surface area contributed by atoms with Crippen LogP contribution in [0.2, 0.25) is 0 Å². The van der Waals surface area contributed by atoms with Crippen LogP contribution < -0.4 is 10.5 Å². The lowest BCUT2D eigenvalue weighted by Crippen LogP contribution is -2.33. The molecule has 114 valence electrons. The molecule has 1 fully saturated rings. The van der Waals surface area contributed by atoms with Crippen LogP contribution in [0.25, 0.3) is 0 Å². The molecule has 1 aromatic carbocycles. The van der Waals surface area contributed by atoms with Gasteiger partial charge in [0.05, 0.1) is 23.4 Å². The van der Waals surface area contributed by atoms with Crippen molar-refractivity contribution in [2.75, 3.05) is 18.9 Å². The molecule has 3 N–H and O–H groups in total. The third kappa shape index (κ3) is 3.53. The number of nitrogens with one attached hydrogen (secondary N) is 1. The summed E-state index contributed by atoms with van der Waals surface area (Å²) in [6.07, 6.45) is 1.82. The lowest BCUT2D eigenvalue weighted by atomic mass is 10.0. The Labute approximate surface area is 125 Å². The number of nitrogen functional groups attached to an aromatic ring is 1. The van der Waals surface area contributed by atoms with Gasteiger partial charge in [-0.3, -0.25) is 0 Å². The summed E-state index contributed by atoms with van der Waals surface area (Å²) in [5.74, 6) is 0.185. The molecule has 0 saturated carbocycles. The summed E-state index contributed by atoms with van der Waals surface area (Å²) < 4.78 is 32.7. The molecule has 0 aliphatic carbocycles. The van der Waals surface area contributed by atoms with Gasteiger partial charge in [0.2, 0.25) is 10.0 Å². The van der Waals surface area contributed by atoms with Gasteiger partial charge in [-0.2, -0.15) is 5.26 Å². The standard InChI is InChI=1S/C14H19N3O3S/c1-2-13-11(5-6-20-13)9-17-21(18,19)14-4-3-10(8-15)7-12(14)16/h3-4,7,11,13,17H,2,5-6,9,16H2,1H3.